The summed E-state index contributed by atoms with van der Waals surface area (Å²) in [6, 6.07) is 7.56. The molecule has 1 fully saturated rings. The molecule has 11 nitrogen and oxygen atoms in total. The van der Waals surface area contributed by atoms with Gasteiger partial charge in [-0.05, 0) is 37.5 Å². The number of nitrogens with one attached hydrogen (secondary N) is 3. The average Bonchev–Trinajstić information content (AvgIpc) is 3.40. The monoisotopic (exact) mass is 501 g/mol. The smallest absolute Gasteiger partial charge is 0.328 e. The molecule has 7 N–H and O–H groups in total. The predicted octanol–water partition coefficient (Wildman–Crippen LogP) is 1.52. The fourth-order valence-electron chi connectivity index (χ4n) is 4.30. The highest BCUT2D eigenvalue weighted by Gasteiger charge is 2.29. The normalized spacial score (nSPS) is 19.1. The third-order valence-electron chi connectivity index (χ3n) is 6.38. The quantitative estimate of drug-likeness (QED) is 0.173. The molecular weight excluding hydrogens is 462 g/mol. The van der Waals surface area contributed by atoms with Gasteiger partial charge in [-0.3, -0.25) is 15.5 Å². The number of carbonyl (C=O) groups is 2. The van der Waals surface area contributed by atoms with Gasteiger partial charge in [-0.15, -0.1) is 0 Å². The van der Waals surface area contributed by atoms with Crippen molar-refractivity contribution in [2.45, 2.75) is 64.7 Å². The van der Waals surface area contributed by atoms with Gasteiger partial charge in [0, 0.05) is 19.8 Å². The maximum Gasteiger partial charge on any atom is 0.328 e. The molecule has 1 aromatic rings. The number of urea groups is 1. The van der Waals surface area contributed by atoms with Crippen molar-refractivity contribution in [3.8, 4) is 0 Å². The van der Waals surface area contributed by atoms with E-state index in [0.29, 0.717) is 0 Å². The summed E-state index contributed by atoms with van der Waals surface area (Å²) in [6.07, 6.45) is 9.58. The number of rotatable bonds is 11. The molecule has 2 unspecified atom stereocenters. The minimum atomic E-state index is -0.747. The zero-order valence-electron chi connectivity index (χ0n) is 21.3. The Hall–Kier alpha value is -3.12. The van der Waals surface area contributed by atoms with Crippen LogP contribution >= 0.6 is 0 Å². The van der Waals surface area contributed by atoms with Crippen LogP contribution in [0.15, 0.2) is 48.3 Å². The van der Waals surface area contributed by atoms with Crippen molar-refractivity contribution in [3.05, 3.63) is 59.4 Å². The molecule has 198 valence electrons. The van der Waals surface area contributed by atoms with Gasteiger partial charge in [-0.2, -0.15) is 5.90 Å². The lowest BCUT2D eigenvalue weighted by Crippen LogP contribution is -2.61. The van der Waals surface area contributed by atoms with Gasteiger partial charge in [0.05, 0.1) is 24.3 Å². The molecular formula is C25H39N7O4. The van der Waals surface area contributed by atoms with Crippen LogP contribution in [-0.4, -0.2) is 54.0 Å². The predicted molar refractivity (Wildman–Crippen MR) is 136 cm³/mol. The molecule has 0 spiro atoms. The molecule has 1 aromatic carbocycles. The number of hydrogen-bond donors (Lipinski definition) is 5. The summed E-state index contributed by atoms with van der Waals surface area (Å²) in [5.74, 6) is 9.72. The molecule has 11 heteroatoms. The van der Waals surface area contributed by atoms with E-state index >= 15 is 0 Å². The number of aryl methyl sites for hydroxylation is 1. The van der Waals surface area contributed by atoms with E-state index in [1.165, 1.54) is 17.7 Å². The zero-order chi connectivity index (χ0) is 26.1. The summed E-state index contributed by atoms with van der Waals surface area (Å²) in [7, 11) is 1.62. The van der Waals surface area contributed by atoms with Gasteiger partial charge in [0.1, 0.15) is 6.23 Å². The maximum atomic E-state index is 13.5. The Morgan fingerprint density at radius 3 is 2.50 bits per heavy atom. The number of ether oxygens (including phenoxy) is 1. The van der Waals surface area contributed by atoms with Crippen LogP contribution in [0.2, 0.25) is 0 Å². The number of amides is 2. The fraction of sp³-hybridized carbons (Fsp3) is 0.520. The maximum absolute atomic E-state index is 13.5. The number of allylic oxidation sites excluding steroid dienone is 1. The lowest BCUT2D eigenvalue weighted by molar-refractivity contribution is -0.148. The number of nitrogens with zero attached hydrogens (tertiary/aromatic N) is 2. The molecule has 1 saturated carbocycles. The Morgan fingerprint density at radius 2 is 1.92 bits per heavy atom. The Bertz CT molecular complexity index is 931. The van der Waals surface area contributed by atoms with Gasteiger partial charge >= 0.3 is 12.0 Å². The van der Waals surface area contributed by atoms with Gasteiger partial charge < -0.3 is 25.1 Å². The van der Waals surface area contributed by atoms with Gasteiger partial charge in [0.25, 0.3) is 0 Å². The second-order valence-electron chi connectivity index (χ2n) is 9.42. The van der Waals surface area contributed by atoms with E-state index in [-0.39, 0.29) is 31.5 Å². The second kappa shape index (κ2) is 13.3. The van der Waals surface area contributed by atoms with Gasteiger partial charge in [0.2, 0.25) is 0 Å². The van der Waals surface area contributed by atoms with E-state index in [4.69, 9.17) is 16.5 Å². The van der Waals surface area contributed by atoms with Crippen molar-refractivity contribution >= 4 is 12.0 Å². The fourth-order valence-corrected chi connectivity index (χ4v) is 4.30. The first-order valence-corrected chi connectivity index (χ1v) is 12.3. The Labute approximate surface area is 212 Å². The minimum absolute atomic E-state index is 0.126. The van der Waals surface area contributed by atoms with Crippen molar-refractivity contribution in [2.75, 3.05) is 13.6 Å². The first-order chi connectivity index (χ1) is 17.3. The summed E-state index contributed by atoms with van der Waals surface area (Å²) >= 11 is 0. The van der Waals surface area contributed by atoms with E-state index in [1.807, 2.05) is 49.5 Å². The van der Waals surface area contributed by atoms with Crippen LogP contribution in [0, 0.1) is 12.8 Å². The summed E-state index contributed by atoms with van der Waals surface area (Å²) in [4.78, 5) is 32.6. The molecule has 3 rings (SSSR count). The third-order valence-corrected chi connectivity index (χ3v) is 6.38. The first kappa shape index (κ1) is 27.5. The van der Waals surface area contributed by atoms with Crippen LogP contribution in [0.1, 0.15) is 43.7 Å². The van der Waals surface area contributed by atoms with Gasteiger partial charge in [-0.25, -0.2) is 10.2 Å². The zero-order valence-corrected chi connectivity index (χ0v) is 21.3. The van der Waals surface area contributed by atoms with E-state index in [0.717, 1.165) is 29.7 Å². The topological polar surface area (TPSA) is 147 Å². The first-order valence-electron chi connectivity index (χ1n) is 12.3. The summed E-state index contributed by atoms with van der Waals surface area (Å²) in [6.45, 7) is 4.05. The number of carbonyl (C=O) groups excluding carboxylic acids is 2. The highest BCUT2D eigenvalue weighted by Crippen LogP contribution is 2.22. The minimum Gasteiger partial charge on any atom is -0.373 e. The Kier molecular flexibility index (Phi) is 10.1. The molecule has 1 heterocycles. The van der Waals surface area contributed by atoms with Crippen LogP contribution in [0.3, 0.4) is 0 Å². The summed E-state index contributed by atoms with van der Waals surface area (Å²) < 4.78 is 6.07. The van der Waals surface area contributed by atoms with E-state index in [9.17, 15) is 9.59 Å². The average molecular weight is 502 g/mol. The van der Waals surface area contributed by atoms with Gasteiger partial charge in [0.15, 0.2) is 6.29 Å². The summed E-state index contributed by atoms with van der Waals surface area (Å²) in [5, 5.41) is 6.50. The van der Waals surface area contributed by atoms with Crippen LogP contribution in [0.5, 0.6) is 0 Å². The second-order valence-corrected chi connectivity index (χ2v) is 9.42. The van der Waals surface area contributed by atoms with Crippen molar-refractivity contribution in [1.82, 2.24) is 25.9 Å². The summed E-state index contributed by atoms with van der Waals surface area (Å²) in [5.41, 5.74) is 5.47. The molecule has 3 atom stereocenters. The number of nitrogens with two attached hydrogens (primary N) is 2. The molecule has 1 aliphatic carbocycles. The lowest BCUT2D eigenvalue weighted by atomic mass is 10.1. The lowest BCUT2D eigenvalue weighted by Gasteiger charge is -2.36. The van der Waals surface area contributed by atoms with E-state index in [1.54, 1.807) is 18.9 Å². The van der Waals surface area contributed by atoms with Crippen LogP contribution in [0.25, 0.3) is 0 Å². The highest BCUT2D eigenvalue weighted by atomic mass is 16.7. The Morgan fingerprint density at radius 1 is 1.22 bits per heavy atom. The van der Waals surface area contributed by atoms with Gasteiger partial charge in [-0.1, -0.05) is 49.6 Å². The molecule has 0 radical (unpaired) electrons. The van der Waals surface area contributed by atoms with Crippen LogP contribution in [-0.2, 0) is 20.9 Å². The number of hydrogen-bond acceptors (Lipinski definition) is 9. The highest BCUT2D eigenvalue weighted by molar-refractivity contribution is 5.76. The molecule has 2 aliphatic rings. The van der Waals surface area contributed by atoms with Crippen molar-refractivity contribution in [1.29, 1.82) is 0 Å². The molecule has 1 aliphatic heterocycles. The van der Waals surface area contributed by atoms with Crippen molar-refractivity contribution in [2.24, 2.45) is 17.7 Å². The molecule has 36 heavy (non-hydrogen) atoms. The van der Waals surface area contributed by atoms with Crippen molar-refractivity contribution < 1.29 is 19.2 Å². The number of dihydropyridines is 1. The largest absolute Gasteiger partial charge is 0.373 e. The standard InChI is InChI=1S/C25H39N7O4/c1-17-8-10-19(11-9-17)16-32(25(34)31(3)15-18(2)23(33)36-27)24(30-26)29-20-12-13-22(28-14-20)35-21-6-4-5-7-21/h8-14,18,21-22,24,28-30H,4-7,15-16,26-27H2,1-3H3/t18-,22?,24?/m0/s1. The van der Waals surface area contributed by atoms with Crippen LogP contribution < -0.4 is 27.8 Å². The number of benzene rings is 1. The van der Waals surface area contributed by atoms with Crippen molar-refractivity contribution in [3.63, 3.8) is 0 Å². The van der Waals surface area contributed by atoms with E-state index in [2.05, 4.69) is 20.9 Å². The van der Waals surface area contributed by atoms with Crippen LogP contribution in [0.4, 0.5) is 4.79 Å². The number of hydrazine groups is 1. The molecule has 0 aromatic heterocycles. The molecule has 0 saturated heterocycles. The Balaban J connectivity index is 1.70. The SMILES string of the molecule is Cc1ccc(CN(C(=O)N(C)C[C@H](C)C(=O)ON)C(NN)NC2=CNC(OC3CCCC3)C=C2)cc1. The van der Waals surface area contributed by atoms with E-state index < -0.39 is 18.2 Å². The molecule has 0 bridgehead atoms. The molecule has 2 amide bonds. The third kappa shape index (κ3) is 7.69.